The van der Waals surface area contributed by atoms with Crippen molar-refractivity contribution in [3.63, 3.8) is 0 Å². The number of amides is 1. The minimum absolute atomic E-state index is 0.0619. The van der Waals surface area contributed by atoms with Gasteiger partial charge in [-0.1, -0.05) is 12.8 Å². The van der Waals surface area contributed by atoms with Crippen molar-refractivity contribution in [2.75, 3.05) is 19.6 Å². The zero-order chi connectivity index (χ0) is 21.4. The molecule has 162 valence electrons. The molecule has 0 atom stereocenters. The van der Waals surface area contributed by atoms with Crippen molar-refractivity contribution in [3.05, 3.63) is 44.9 Å². The number of ether oxygens (including phenoxy) is 1. The maximum absolute atomic E-state index is 12.8. The van der Waals surface area contributed by atoms with Crippen LogP contribution in [0.2, 0.25) is 0 Å². The van der Waals surface area contributed by atoms with Gasteiger partial charge in [0.1, 0.15) is 5.60 Å². The fraction of sp³-hybridized carbons (Fsp3) is 0.565. The van der Waals surface area contributed by atoms with Crippen LogP contribution in [0.3, 0.4) is 0 Å². The Kier molecular flexibility index (Phi) is 5.77. The minimum Gasteiger partial charge on any atom is -0.444 e. The van der Waals surface area contributed by atoms with Gasteiger partial charge < -0.3 is 14.6 Å². The first-order valence-electron chi connectivity index (χ1n) is 10.7. The van der Waals surface area contributed by atoms with E-state index < -0.39 is 5.60 Å². The highest BCUT2D eigenvalue weighted by molar-refractivity contribution is 7.08. The van der Waals surface area contributed by atoms with Crippen molar-refractivity contribution in [1.29, 1.82) is 0 Å². The second kappa shape index (κ2) is 8.19. The number of carbonyl (C=O) groups excluding carboxylic acids is 1. The Hall–Kier alpha value is -2.12. The Bertz CT molecular complexity index is 939. The summed E-state index contributed by atoms with van der Waals surface area (Å²) in [6.07, 6.45) is 6.05. The van der Waals surface area contributed by atoms with Crippen LogP contribution in [-0.4, -0.2) is 51.7 Å². The smallest absolute Gasteiger partial charge is 0.410 e. The summed E-state index contributed by atoms with van der Waals surface area (Å²) in [5.74, 6) is 0. The lowest BCUT2D eigenvalue weighted by molar-refractivity contribution is -0.0279. The van der Waals surface area contributed by atoms with E-state index >= 15 is 0 Å². The topological polar surface area (TPSA) is 65.6 Å². The van der Waals surface area contributed by atoms with Gasteiger partial charge in [-0.2, -0.15) is 11.3 Å². The molecule has 1 saturated heterocycles. The highest BCUT2D eigenvalue weighted by Crippen LogP contribution is 2.39. The Morgan fingerprint density at radius 1 is 1.27 bits per heavy atom. The van der Waals surface area contributed by atoms with Crippen molar-refractivity contribution in [2.24, 2.45) is 0 Å². The van der Waals surface area contributed by atoms with Crippen LogP contribution in [-0.2, 0) is 11.3 Å². The predicted octanol–water partition coefficient (Wildman–Crippen LogP) is 4.47. The monoisotopic (exact) mass is 429 g/mol. The fourth-order valence-corrected chi connectivity index (χ4v) is 5.32. The average molecular weight is 430 g/mol. The van der Waals surface area contributed by atoms with E-state index in [0.29, 0.717) is 19.6 Å². The summed E-state index contributed by atoms with van der Waals surface area (Å²) < 4.78 is 5.62. The number of hydrogen-bond donors (Lipinski definition) is 1. The molecule has 0 aromatic carbocycles. The van der Waals surface area contributed by atoms with Crippen molar-refractivity contribution in [2.45, 2.75) is 64.1 Å². The lowest BCUT2D eigenvalue weighted by Gasteiger charge is -2.49. The molecule has 7 heteroatoms. The lowest BCUT2D eigenvalue weighted by Crippen LogP contribution is -2.62. The third-order valence-corrected chi connectivity index (χ3v) is 6.85. The standard InChI is InChI=1S/C23H31N3O3S/c1-22(2,3)29-21(28)25-9-10-26(23(16-25)7-4-5-8-23)14-18-13-24-19(12-20(18)27)17-6-11-30-15-17/h6,11-13,15H,4-5,7-10,14,16H2,1-3H3,(H,24,27). The van der Waals surface area contributed by atoms with Gasteiger partial charge in [-0.3, -0.25) is 9.69 Å². The first kappa shape index (κ1) is 21.1. The SMILES string of the molecule is CC(C)(C)OC(=O)N1CCN(Cc2c[nH]c(-c3ccsc3)cc2=O)C2(CCCC2)C1. The summed E-state index contributed by atoms with van der Waals surface area (Å²) in [7, 11) is 0. The molecule has 0 radical (unpaired) electrons. The van der Waals surface area contributed by atoms with Crippen LogP contribution in [0, 0.1) is 0 Å². The van der Waals surface area contributed by atoms with E-state index in [2.05, 4.69) is 9.88 Å². The maximum atomic E-state index is 12.8. The van der Waals surface area contributed by atoms with E-state index in [0.717, 1.165) is 49.0 Å². The van der Waals surface area contributed by atoms with Crippen molar-refractivity contribution >= 4 is 17.4 Å². The summed E-state index contributed by atoms with van der Waals surface area (Å²) in [6.45, 7) is 8.37. The summed E-state index contributed by atoms with van der Waals surface area (Å²) in [5.41, 5.74) is 2.20. The molecule has 1 N–H and O–H groups in total. The van der Waals surface area contributed by atoms with Crippen LogP contribution >= 0.6 is 11.3 Å². The summed E-state index contributed by atoms with van der Waals surface area (Å²) in [5, 5.41) is 4.05. The molecule has 2 aliphatic rings. The first-order chi connectivity index (χ1) is 14.3. The molecular formula is C23H31N3O3S. The second-order valence-electron chi connectivity index (χ2n) is 9.50. The molecule has 1 saturated carbocycles. The quantitative estimate of drug-likeness (QED) is 0.782. The lowest BCUT2D eigenvalue weighted by atomic mass is 9.91. The van der Waals surface area contributed by atoms with Crippen LogP contribution in [0.5, 0.6) is 0 Å². The zero-order valence-electron chi connectivity index (χ0n) is 18.1. The van der Waals surface area contributed by atoms with Gasteiger partial charge in [-0.25, -0.2) is 4.79 Å². The second-order valence-corrected chi connectivity index (χ2v) is 10.3. The van der Waals surface area contributed by atoms with Gasteiger partial charge in [0.05, 0.1) is 5.69 Å². The van der Waals surface area contributed by atoms with E-state index in [-0.39, 0.29) is 17.1 Å². The molecule has 2 aromatic heterocycles. The minimum atomic E-state index is -0.492. The van der Waals surface area contributed by atoms with Crippen LogP contribution < -0.4 is 5.43 Å². The van der Waals surface area contributed by atoms with Gasteiger partial charge in [0.2, 0.25) is 0 Å². The number of carbonyl (C=O) groups is 1. The maximum Gasteiger partial charge on any atom is 0.410 e. The molecule has 0 bridgehead atoms. The first-order valence-corrected chi connectivity index (χ1v) is 11.7. The number of aromatic amines is 1. The van der Waals surface area contributed by atoms with Crippen molar-refractivity contribution in [1.82, 2.24) is 14.8 Å². The summed E-state index contributed by atoms with van der Waals surface area (Å²) in [4.78, 5) is 33.0. The Morgan fingerprint density at radius 3 is 2.67 bits per heavy atom. The Balaban J connectivity index is 1.51. The molecule has 6 nitrogen and oxygen atoms in total. The number of pyridine rings is 1. The predicted molar refractivity (Wildman–Crippen MR) is 120 cm³/mol. The summed E-state index contributed by atoms with van der Waals surface area (Å²) >= 11 is 1.62. The number of nitrogens with one attached hydrogen (secondary N) is 1. The van der Waals surface area contributed by atoms with E-state index in [1.807, 2.05) is 48.7 Å². The number of hydrogen-bond acceptors (Lipinski definition) is 5. The third-order valence-electron chi connectivity index (χ3n) is 6.17. The van der Waals surface area contributed by atoms with Gasteiger partial charge in [-0.15, -0.1) is 0 Å². The highest BCUT2D eigenvalue weighted by atomic mass is 32.1. The number of thiophene rings is 1. The van der Waals surface area contributed by atoms with Crippen LogP contribution in [0.15, 0.2) is 33.9 Å². The number of aromatic nitrogens is 1. The van der Waals surface area contributed by atoms with Gasteiger partial charge >= 0.3 is 6.09 Å². The largest absolute Gasteiger partial charge is 0.444 e. The highest BCUT2D eigenvalue weighted by Gasteiger charge is 2.45. The van der Waals surface area contributed by atoms with Gasteiger partial charge in [0.15, 0.2) is 5.43 Å². The normalized spacial score (nSPS) is 19.4. The zero-order valence-corrected chi connectivity index (χ0v) is 18.9. The van der Waals surface area contributed by atoms with Gasteiger partial charge in [-0.05, 0) is 45.1 Å². The molecule has 0 unspecified atom stereocenters. The van der Waals surface area contributed by atoms with E-state index in [4.69, 9.17) is 4.74 Å². The van der Waals surface area contributed by atoms with E-state index in [1.165, 1.54) is 0 Å². The fourth-order valence-electron chi connectivity index (χ4n) is 4.66. The van der Waals surface area contributed by atoms with Crippen molar-refractivity contribution < 1.29 is 9.53 Å². The molecule has 3 heterocycles. The summed E-state index contributed by atoms with van der Waals surface area (Å²) in [6, 6.07) is 3.72. The van der Waals surface area contributed by atoms with Gasteiger partial charge in [0, 0.05) is 60.5 Å². The molecule has 30 heavy (non-hydrogen) atoms. The number of H-pyrrole nitrogens is 1. The van der Waals surface area contributed by atoms with E-state index in [9.17, 15) is 9.59 Å². The van der Waals surface area contributed by atoms with E-state index in [1.54, 1.807) is 17.4 Å². The van der Waals surface area contributed by atoms with Crippen molar-refractivity contribution in [3.8, 4) is 11.3 Å². The molecule has 2 fully saturated rings. The number of piperazine rings is 1. The Morgan fingerprint density at radius 2 is 2.03 bits per heavy atom. The van der Waals surface area contributed by atoms with Crippen LogP contribution in [0.4, 0.5) is 4.79 Å². The average Bonchev–Trinajstić information content (AvgIpc) is 3.36. The number of rotatable bonds is 3. The third kappa shape index (κ3) is 4.47. The molecule has 4 rings (SSSR count). The molecule has 1 aliphatic carbocycles. The van der Waals surface area contributed by atoms with Crippen LogP contribution in [0.1, 0.15) is 52.0 Å². The Labute approximate surface area is 181 Å². The molecule has 1 aliphatic heterocycles. The van der Waals surface area contributed by atoms with Crippen LogP contribution in [0.25, 0.3) is 11.3 Å². The molecule has 1 amide bonds. The molecule has 1 spiro atoms. The molecule has 2 aromatic rings. The number of nitrogens with zero attached hydrogens (tertiary/aromatic N) is 2. The molecular weight excluding hydrogens is 398 g/mol. The van der Waals surface area contributed by atoms with Gasteiger partial charge in [0.25, 0.3) is 0 Å².